The highest BCUT2D eigenvalue weighted by molar-refractivity contribution is 5.44. The maximum atomic E-state index is 9.39. The highest BCUT2D eigenvalue weighted by Gasteiger charge is 2.16. The van der Waals surface area contributed by atoms with E-state index in [2.05, 4.69) is 30.1 Å². The Kier molecular flexibility index (Phi) is 7.59. The highest BCUT2D eigenvalue weighted by atomic mass is 16.5. The molecule has 0 heterocycles. The largest absolute Gasteiger partial charge is 0.497 e. The number of nitriles is 1. The van der Waals surface area contributed by atoms with Gasteiger partial charge in [0.2, 0.25) is 0 Å². The summed E-state index contributed by atoms with van der Waals surface area (Å²) in [6, 6.07) is 7.41. The highest BCUT2D eigenvalue weighted by Crippen LogP contribution is 2.29. The van der Waals surface area contributed by atoms with Crippen LogP contribution in [-0.2, 0) is 0 Å². The van der Waals surface area contributed by atoms with E-state index < -0.39 is 0 Å². The third-order valence-electron chi connectivity index (χ3n) is 3.55. The van der Waals surface area contributed by atoms with Gasteiger partial charge in [0.15, 0.2) is 0 Å². The summed E-state index contributed by atoms with van der Waals surface area (Å²) < 4.78 is 10.5. The normalized spacial score (nSPS) is 12.0. The average Bonchev–Trinajstić information content (AvgIpc) is 2.55. The fourth-order valence-corrected chi connectivity index (χ4v) is 2.19. The zero-order chi connectivity index (χ0) is 15.7. The van der Waals surface area contributed by atoms with Crippen LogP contribution in [0.15, 0.2) is 18.2 Å². The first-order chi connectivity index (χ1) is 10.2. The zero-order valence-electron chi connectivity index (χ0n) is 13.3. The van der Waals surface area contributed by atoms with Gasteiger partial charge in [0.1, 0.15) is 17.5 Å². The molecule has 0 saturated heterocycles. The smallest absolute Gasteiger partial charge is 0.128 e. The maximum Gasteiger partial charge on any atom is 0.128 e. The lowest BCUT2D eigenvalue weighted by molar-refractivity contribution is 0.299. The number of hydrogen-bond donors (Lipinski definition) is 1. The van der Waals surface area contributed by atoms with Gasteiger partial charge >= 0.3 is 0 Å². The Labute approximate surface area is 127 Å². The molecule has 0 spiro atoms. The number of nitrogens with zero attached hydrogens (tertiary/aromatic N) is 2. The van der Waals surface area contributed by atoms with Gasteiger partial charge in [-0.2, -0.15) is 5.26 Å². The van der Waals surface area contributed by atoms with Crippen LogP contribution in [0.2, 0.25) is 0 Å². The molecule has 1 aromatic rings. The number of hydrogen-bond acceptors (Lipinski definition) is 5. The number of benzene rings is 1. The lowest BCUT2D eigenvalue weighted by Crippen LogP contribution is -2.33. The molecule has 1 aromatic carbocycles. The van der Waals surface area contributed by atoms with Crippen molar-refractivity contribution in [2.24, 2.45) is 0 Å². The standard InChI is InChI=1S/C16H25N3O2/c1-5-19(6-2)10-9-18-15(12-17)14-8-7-13(20-3)11-16(14)21-4/h7-8,11,15,18H,5-6,9-10H2,1-4H3. The minimum absolute atomic E-state index is 0.388. The van der Waals surface area contributed by atoms with E-state index in [-0.39, 0.29) is 6.04 Å². The van der Waals surface area contributed by atoms with E-state index in [1.807, 2.05) is 12.1 Å². The van der Waals surface area contributed by atoms with Gasteiger partial charge in [-0.3, -0.25) is 5.32 Å². The van der Waals surface area contributed by atoms with Crippen molar-refractivity contribution in [1.82, 2.24) is 10.2 Å². The van der Waals surface area contributed by atoms with Crippen LogP contribution in [0.4, 0.5) is 0 Å². The minimum Gasteiger partial charge on any atom is -0.497 e. The van der Waals surface area contributed by atoms with Gasteiger partial charge in [-0.05, 0) is 25.2 Å². The van der Waals surface area contributed by atoms with E-state index in [1.54, 1.807) is 20.3 Å². The van der Waals surface area contributed by atoms with E-state index in [0.717, 1.165) is 37.5 Å². The van der Waals surface area contributed by atoms with Gasteiger partial charge < -0.3 is 14.4 Å². The van der Waals surface area contributed by atoms with Crippen molar-refractivity contribution in [1.29, 1.82) is 5.26 Å². The van der Waals surface area contributed by atoms with Crippen molar-refractivity contribution in [2.45, 2.75) is 19.9 Å². The Morgan fingerprint density at radius 3 is 2.48 bits per heavy atom. The predicted octanol–water partition coefficient (Wildman–Crippen LogP) is 2.20. The molecule has 21 heavy (non-hydrogen) atoms. The Bertz CT molecular complexity index is 467. The van der Waals surface area contributed by atoms with Crippen molar-refractivity contribution in [2.75, 3.05) is 40.4 Å². The summed E-state index contributed by atoms with van der Waals surface area (Å²) >= 11 is 0. The lowest BCUT2D eigenvalue weighted by atomic mass is 10.1. The quantitative estimate of drug-likeness (QED) is 0.756. The van der Waals surface area contributed by atoms with Gasteiger partial charge in [-0.25, -0.2) is 0 Å². The van der Waals surface area contributed by atoms with E-state index in [9.17, 15) is 5.26 Å². The average molecular weight is 291 g/mol. The minimum atomic E-state index is -0.388. The van der Waals surface area contributed by atoms with Crippen LogP contribution >= 0.6 is 0 Å². The Hall–Kier alpha value is -1.77. The predicted molar refractivity (Wildman–Crippen MR) is 83.7 cm³/mol. The van der Waals surface area contributed by atoms with Crippen molar-refractivity contribution in [3.63, 3.8) is 0 Å². The van der Waals surface area contributed by atoms with Crippen LogP contribution < -0.4 is 14.8 Å². The van der Waals surface area contributed by atoms with E-state index in [1.165, 1.54) is 0 Å². The molecule has 0 aliphatic rings. The molecular formula is C16H25N3O2. The molecular weight excluding hydrogens is 266 g/mol. The van der Waals surface area contributed by atoms with Crippen LogP contribution in [0.3, 0.4) is 0 Å². The second kappa shape index (κ2) is 9.22. The number of rotatable bonds is 9. The molecule has 1 N–H and O–H groups in total. The summed E-state index contributed by atoms with van der Waals surface area (Å²) in [7, 11) is 3.21. The topological polar surface area (TPSA) is 57.5 Å². The van der Waals surface area contributed by atoms with Crippen LogP contribution in [0.1, 0.15) is 25.5 Å². The van der Waals surface area contributed by atoms with Gasteiger partial charge in [-0.15, -0.1) is 0 Å². The van der Waals surface area contributed by atoms with E-state index >= 15 is 0 Å². The zero-order valence-corrected chi connectivity index (χ0v) is 13.3. The molecule has 0 fully saturated rings. The van der Waals surface area contributed by atoms with Gasteiger partial charge in [-0.1, -0.05) is 13.8 Å². The van der Waals surface area contributed by atoms with Crippen LogP contribution in [0, 0.1) is 11.3 Å². The molecule has 0 bridgehead atoms. The third-order valence-corrected chi connectivity index (χ3v) is 3.55. The molecule has 0 saturated carbocycles. The summed E-state index contributed by atoms with van der Waals surface area (Å²) in [6.45, 7) is 7.98. The molecule has 0 aromatic heterocycles. The molecule has 116 valence electrons. The maximum absolute atomic E-state index is 9.39. The van der Waals surface area contributed by atoms with Crippen molar-refractivity contribution >= 4 is 0 Å². The Balaban J connectivity index is 2.74. The first-order valence-electron chi connectivity index (χ1n) is 7.27. The first-order valence-corrected chi connectivity index (χ1v) is 7.27. The van der Waals surface area contributed by atoms with Crippen LogP contribution in [0.5, 0.6) is 11.5 Å². The second-order valence-electron chi connectivity index (χ2n) is 4.65. The van der Waals surface area contributed by atoms with E-state index in [4.69, 9.17) is 9.47 Å². The molecule has 5 heteroatoms. The van der Waals surface area contributed by atoms with Crippen molar-refractivity contribution < 1.29 is 9.47 Å². The molecule has 1 unspecified atom stereocenters. The summed E-state index contributed by atoms with van der Waals surface area (Å²) in [5.41, 5.74) is 0.834. The molecule has 1 atom stereocenters. The number of ether oxygens (including phenoxy) is 2. The van der Waals surface area contributed by atoms with E-state index in [0.29, 0.717) is 5.75 Å². The summed E-state index contributed by atoms with van der Waals surface area (Å²) in [4.78, 5) is 2.31. The third kappa shape index (κ3) is 4.92. The Morgan fingerprint density at radius 1 is 1.24 bits per heavy atom. The molecule has 0 aliphatic heterocycles. The molecule has 0 aliphatic carbocycles. The van der Waals surface area contributed by atoms with Crippen LogP contribution in [0.25, 0.3) is 0 Å². The molecule has 0 radical (unpaired) electrons. The number of likely N-dealkylation sites (N-methyl/N-ethyl adjacent to an activating group) is 1. The fourth-order valence-electron chi connectivity index (χ4n) is 2.19. The SMILES string of the molecule is CCN(CC)CCNC(C#N)c1ccc(OC)cc1OC. The first kappa shape index (κ1) is 17.3. The van der Waals surface area contributed by atoms with Gasteiger partial charge in [0, 0.05) is 24.7 Å². The molecule has 0 amide bonds. The lowest BCUT2D eigenvalue weighted by Gasteiger charge is -2.20. The van der Waals surface area contributed by atoms with Crippen molar-refractivity contribution in [3.05, 3.63) is 23.8 Å². The Morgan fingerprint density at radius 2 is 1.95 bits per heavy atom. The summed E-state index contributed by atoms with van der Waals surface area (Å²) in [5.74, 6) is 1.38. The van der Waals surface area contributed by atoms with Crippen LogP contribution in [-0.4, -0.2) is 45.3 Å². The summed E-state index contributed by atoms with van der Waals surface area (Å²) in [6.07, 6.45) is 0. The number of methoxy groups -OCH3 is 2. The molecule has 1 rings (SSSR count). The second-order valence-corrected chi connectivity index (χ2v) is 4.65. The fraction of sp³-hybridized carbons (Fsp3) is 0.562. The molecule has 5 nitrogen and oxygen atoms in total. The van der Waals surface area contributed by atoms with Gasteiger partial charge in [0.05, 0.1) is 20.3 Å². The number of nitrogens with one attached hydrogen (secondary N) is 1. The van der Waals surface area contributed by atoms with Crippen molar-refractivity contribution in [3.8, 4) is 17.6 Å². The summed E-state index contributed by atoms with van der Waals surface area (Å²) in [5, 5.41) is 12.7. The monoisotopic (exact) mass is 291 g/mol. The van der Waals surface area contributed by atoms with Gasteiger partial charge in [0.25, 0.3) is 0 Å².